The molecule has 0 radical (unpaired) electrons. The summed E-state index contributed by atoms with van der Waals surface area (Å²) in [6.45, 7) is 6.54. The molecule has 0 heterocycles. The van der Waals surface area contributed by atoms with Gasteiger partial charge in [-0.15, -0.1) is 0 Å². The second kappa shape index (κ2) is 58.2. The Balaban J connectivity index is 4.48. The highest BCUT2D eigenvalue weighted by molar-refractivity contribution is 5.71. The van der Waals surface area contributed by atoms with Crippen molar-refractivity contribution in [3.8, 4) is 0 Å². The van der Waals surface area contributed by atoms with Crippen molar-refractivity contribution < 1.29 is 28.6 Å². The molecular formula is C64H110O6. The molecular weight excluding hydrogens is 865 g/mol. The molecule has 0 aliphatic rings. The Morgan fingerprint density at radius 1 is 0.286 bits per heavy atom. The zero-order valence-corrected chi connectivity index (χ0v) is 46.0. The minimum atomic E-state index is -0.814. The lowest BCUT2D eigenvalue weighted by atomic mass is 10.0. The number of hydrogen-bond acceptors (Lipinski definition) is 6. The van der Waals surface area contributed by atoms with Gasteiger partial charge in [-0.1, -0.05) is 254 Å². The van der Waals surface area contributed by atoms with Crippen LogP contribution in [0.1, 0.15) is 284 Å². The van der Waals surface area contributed by atoms with Gasteiger partial charge in [0.2, 0.25) is 0 Å². The molecule has 6 nitrogen and oxygen atoms in total. The minimum Gasteiger partial charge on any atom is -0.462 e. The van der Waals surface area contributed by atoms with Gasteiger partial charge in [-0.3, -0.25) is 14.4 Å². The molecule has 0 aliphatic heterocycles. The van der Waals surface area contributed by atoms with Crippen LogP contribution >= 0.6 is 0 Å². The summed E-state index contributed by atoms with van der Waals surface area (Å²) in [5, 5.41) is 0. The van der Waals surface area contributed by atoms with E-state index in [1.54, 1.807) is 0 Å². The monoisotopic (exact) mass is 975 g/mol. The number of carbonyl (C=O) groups excluding carboxylic acids is 3. The number of unbranched alkanes of at least 4 members (excludes halogenated alkanes) is 28. The number of ether oxygens (including phenoxy) is 3. The SMILES string of the molecule is CCCCC/C=C/C/C=C/C/C=C/C/C=C/CCCC(=O)O[C@H](COC(=O)CCCCCC/C=C/C/C=C/C/C=C/CCCCC)COC(=O)CCCCCCCCCCCCCCCCCCCC. The first-order valence-electron chi connectivity index (χ1n) is 29.6. The standard InChI is InChI=1S/C64H110O6/c1-4-7-10-13-16-19-22-25-28-31-34-36-39-42-45-48-51-54-57-63(66)69-60-61(70-64(67)58-55-52-49-46-43-40-37-33-30-27-24-21-18-15-12-9-6-3)59-68-62(65)56-53-50-47-44-41-38-35-32-29-26-23-20-17-14-11-8-5-2/h17-18,20-21,26-27,29-30,35,37-38,40,46,49,61H,4-16,19,22-25,28,31-34,36,39,41-45,47-48,50-60H2,1-3H3/b20-17+,21-18+,29-26+,30-27+,38-35+,40-37+,49-46+/t61-/m1/s1. The highest BCUT2D eigenvalue weighted by Gasteiger charge is 2.19. The number of allylic oxidation sites excluding steroid dienone is 14. The van der Waals surface area contributed by atoms with Crippen molar-refractivity contribution >= 4 is 17.9 Å². The van der Waals surface area contributed by atoms with E-state index in [1.165, 1.54) is 148 Å². The molecule has 0 unspecified atom stereocenters. The third-order valence-electron chi connectivity index (χ3n) is 12.6. The fraction of sp³-hybridized carbons (Fsp3) is 0.734. The summed E-state index contributed by atoms with van der Waals surface area (Å²) < 4.78 is 16.8. The van der Waals surface area contributed by atoms with Gasteiger partial charge >= 0.3 is 17.9 Å². The van der Waals surface area contributed by atoms with Gasteiger partial charge in [0.1, 0.15) is 13.2 Å². The maximum atomic E-state index is 12.8. The first-order chi connectivity index (χ1) is 34.5. The summed E-state index contributed by atoms with van der Waals surface area (Å²) in [7, 11) is 0. The Morgan fingerprint density at radius 3 is 0.871 bits per heavy atom. The average molecular weight is 976 g/mol. The average Bonchev–Trinajstić information content (AvgIpc) is 3.36. The molecule has 0 N–H and O–H groups in total. The minimum absolute atomic E-state index is 0.104. The van der Waals surface area contributed by atoms with Crippen molar-refractivity contribution in [2.24, 2.45) is 0 Å². The maximum Gasteiger partial charge on any atom is 0.306 e. The van der Waals surface area contributed by atoms with Crippen LogP contribution in [0.15, 0.2) is 85.1 Å². The van der Waals surface area contributed by atoms with Gasteiger partial charge in [0.05, 0.1) is 0 Å². The van der Waals surface area contributed by atoms with Crippen LogP contribution in [0.3, 0.4) is 0 Å². The first-order valence-corrected chi connectivity index (χ1v) is 29.6. The molecule has 70 heavy (non-hydrogen) atoms. The lowest BCUT2D eigenvalue weighted by Gasteiger charge is -2.18. The van der Waals surface area contributed by atoms with Crippen LogP contribution in [0.5, 0.6) is 0 Å². The molecule has 0 spiro atoms. The molecule has 0 fully saturated rings. The lowest BCUT2D eigenvalue weighted by Crippen LogP contribution is -2.30. The highest BCUT2D eigenvalue weighted by atomic mass is 16.6. The molecule has 0 saturated carbocycles. The van der Waals surface area contributed by atoms with Gasteiger partial charge in [0.15, 0.2) is 6.10 Å². The van der Waals surface area contributed by atoms with E-state index in [0.29, 0.717) is 19.3 Å². The smallest absolute Gasteiger partial charge is 0.306 e. The van der Waals surface area contributed by atoms with Gasteiger partial charge in [-0.05, 0) is 96.3 Å². The van der Waals surface area contributed by atoms with E-state index in [0.717, 1.165) is 89.9 Å². The quantitative estimate of drug-likeness (QED) is 0.0261. The van der Waals surface area contributed by atoms with Crippen molar-refractivity contribution in [3.05, 3.63) is 85.1 Å². The zero-order chi connectivity index (χ0) is 50.7. The summed E-state index contributed by atoms with van der Waals surface area (Å²) in [6, 6.07) is 0. The third-order valence-corrected chi connectivity index (χ3v) is 12.6. The van der Waals surface area contributed by atoms with Crippen molar-refractivity contribution in [1.82, 2.24) is 0 Å². The van der Waals surface area contributed by atoms with Crippen LogP contribution in [0.2, 0.25) is 0 Å². The van der Waals surface area contributed by atoms with E-state index in [1.807, 2.05) is 0 Å². The summed E-state index contributed by atoms with van der Waals surface area (Å²) in [5.41, 5.74) is 0. The summed E-state index contributed by atoms with van der Waals surface area (Å²) in [5.74, 6) is -0.974. The van der Waals surface area contributed by atoms with Gasteiger partial charge < -0.3 is 14.2 Å². The van der Waals surface area contributed by atoms with Crippen molar-refractivity contribution in [3.63, 3.8) is 0 Å². The number of esters is 3. The van der Waals surface area contributed by atoms with Crippen molar-refractivity contribution in [2.45, 2.75) is 290 Å². The van der Waals surface area contributed by atoms with Crippen LogP contribution in [-0.2, 0) is 28.6 Å². The maximum absolute atomic E-state index is 12.8. The molecule has 0 saturated heterocycles. The third kappa shape index (κ3) is 55.5. The Morgan fingerprint density at radius 2 is 0.529 bits per heavy atom. The van der Waals surface area contributed by atoms with Crippen LogP contribution < -0.4 is 0 Å². The molecule has 6 heteroatoms. The Labute approximate surface area is 433 Å². The topological polar surface area (TPSA) is 78.9 Å². The van der Waals surface area contributed by atoms with Crippen molar-refractivity contribution in [2.75, 3.05) is 13.2 Å². The van der Waals surface area contributed by atoms with Crippen LogP contribution in [0.4, 0.5) is 0 Å². The summed E-state index contributed by atoms with van der Waals surface area (Å²) >= 11 is 0. The number of rotatable bonds is 53. The molecule has 0 rings (SSSR count). The van der Waals surface area contributed by atoms with E-state index in [9.17, 15) is 14.4 Å². The van der Waals surface area contributed by atoms with E-state index >= 15 is 0 Å². The first kappa shape index (κ1) is 66.6. The molecule has 0 amide bonds. The Hall–Kier alpha value is -3.41. The van der Waals surface area contributed by atoms with E-state index in [2.05, 4.69) is 106 Å². The Kier molecular flexibility index (Phi) is 55.3. The van der Waals surface area contributed by atoms with Gasteiger partial charge in [0, 0.05) is 19.3 Å². The van der Waals surface area contributed by atoms with Crippen LogP contribution in [0, 0.1) is 0 Å². The normalized spacial score (nSPS) is 12.7. The lowest BCUT2D eigenvalue weighted by molar-refractivity contribution is -0.167. The number of hydrogen-bond donors (Lipinski definition) is 0. The zero-order valence-electron chi connectivity index (χ0n) is 46.0. The van der Waals surface area contributed by atoms with Gasteiger partial charge in [-0.25, -0.2) is 0 Å². The second-order valence-electron chi connectivity index (χ2n) is 19.6. The van der Waals surface area contributed by atoms with E-state index in [4.69, 9.17) is 14.2 Å². The summed E-state index contributed by atoms with van der Waals surface area (Å²) in [6.07, 6.45) is 75.8. The van der Waals surface area contributed by atoms with E-state index < -0.39 is 6.10 Å². The second-order valence-corrected chi connectivity index (χ2v) is 19.6. The van der Waals surface area contributed by atoms with Crippen LogP contribution in [-0.4, -0.2) is 37.2 Å². The molecule has 402 valence electrons. The predicted molar refractivity (Wildman–Crippen MR) is 302 cm³/mol. The Bertz CT molecular complexity index is 1350. The molecule has 0 aromatic rings. The van der Waals surface area contributed by atoms with E-state index in [-0.39, 0.29) is 37.5 Å². The molecule has 0 aromatic carbocycles. The summed E-state index contributed by atoms with van der Waals surface area (Å²) in [4.78, 5) is 38.2. The van der Waals surface area contributed by atoms with Gasteiger partial charge in [-0.2, -0.15) is 0 Å². The fourth-order valence-corrected chi connectivity index (χ4v) is 8.15. The predicted octanol–water partition coefficient (Wildman–Crippen LogP) is 19.9. The van der Waals surface area contributed by atoms with Crippen molar-refractivity contribution in [1.29, 1.82) is 0 Å². The largest absolute Gasteiger partial charge is 0.462 e. The van der Waals surface area contributed by atoms with Gasteiger partial charge in [0.25, 0.3) is 0 Å². The molecule has 0 aliphatic carbocycles. The number of carbonyl (C=O) groups is 3. The molecule has 1 atom stereocenters. The molecule has 0 aromatic heterocycles. The highest BCUT2D eigenvalue weighted by Crippen LogP contribution is 2.16. The molecule has 0 bridgehead atoms. The fourth-order valence-electron chi connectivity index (χ4n) is 8.15. The van der Waals surface area contributed by atoms with Crippen LogP contribution in [0.25, 0.3) is 0 Å².